The molecule has 0 saturated heterocycles. The molecule has 4 heteroatoms. The van der Waals surface area contributed by atoms with Gasteiger partial charge in [-0.25, -0.2) is 0 Å². The predicted octanol–water partition coefficient (Wildman–Crippen LogP) is 9.89. The first-order chi connectivity index (χ1) is 24.6. The molecule has 242 valence electrons. The molecule has 0 radical (unpaired) electrons. The van der Waals surface area contributed by atoms with Crippen molar-refractivity contribution >= 4 is 16.3 Å². The number of benzene rings is 7. The van der Waals surface area contributed by atoms with Gasteiger partial charge < -0.3 is 19.3 Å². The molecule has 0 saturated carbocycles. The Morgan fingerprint density at radius 1 is 0.520 bits per heavy atom. The standard InChI is InChI=1S/C46H34O4/c1-48-39-27-15-13-25-37(39)45(38-26-14-16-28-40(38)49-2)29-35(30-17-5-3-6-18-30)42-43-41(32-21-9-10-22-33(32)44(42)50-45)34-23-11-12-24-36(34)46(43,47)31-19-7-4-8-20-31/h3-29,47H,1-2H3. The summed E-state index contributed by atoms with van der Waals surface area (Å²) >= 11 is 0. The van der Waals surface area contributed by atoms with Gasteiger partial charge in [-0.2, -0.15) is 0 Å². The molecule has 4 nitrogen and oxygen atoms in total. The highest BCUT2D eigenvalue weighted by atomic mass is 16.5. The lowest BCUT2D eigenvalue weighted by atomic mass is 9.74. The van der Waals surface area contributed by atoms with E-state index in [0.29, 0.717) is 17.2 Å². The number of ether oxygens (including phenoxy) is 3. The van der Waals surface area contributed by atoms with Crippen LogP contribution in [0.5, 0.6) is 17.2 Å². The first-order valence-electron chi connectivity index (χ1n) is 16.8. The van der Waals surface area contributed by atoms with Crippen molar-refractivity contribution < 1.29 is 19.3 Å². The molecule has 0 bridgehead atoms. The molecular formula is C46H34O4. The van der Waals surface area contributed by atoms with Crippen LogP contribution in [0.1, 0.15) is 38.9 Å². The summed E-state index contributed by atoms with van der Waals surface area (Å²) in [4.78, 5) is 0. The summed E-state index contributed by atoms with van der Waals surface area (Å²) < 4.78 is 19.8. The Labute approximate surface area is 291 Å². The maximum atomic E-state index is 13.5. The summed E-state index contributed by atoms with van der Waals surface area (Å²) in [6.45, 7) is 0. The molecule has 0 amide bonds. The van der Waals surface area contributed by atoms with E-state index in [1.165, 1.54) is 0 Å². The van der Waals surface area contributed by atoms with E-state index in [1.54, 1.807) is 14.2 Å². The smallest absolute Gasteiger partial charge is 0.185 e. The van der Waals surface area contributed by atoms with Gasteiger partial charge in [-0.3, -0.25) is 0 Å². The Balaban J connectivity index is 1.50. The monoisotopic (exact) mass is 650 g/mol. The third-order valence-electron chi connectivity index (χ3n) is 10.3. The van der Waals surface area contributed by atoms with Crippen molar-refractivity contribution in [3.8, 4) is 28.4 Å². The van der Waals surface area contributed by atoms with Crippen LogP contribution in [0.25, 0.3) is 27.5 Å². The molecule has 1 unspecified atom stereocenters. The van der Waals surface area contributed by atoms with Gasteiger partial charge in [-0.15, -0.1) is 0 Å². The Bertz CT molecular complexity index is 2400. The fourth-order valence-corrected chi connectivity index (χ4v) is 8.17. The normalized spacial score (nSPS) is 16.8. The topological polar surface area (TPSA) is 47.9 Å². The van der Waals surface area contributed by atoms with Crippen LogP contribution in [0.15, 0.2) is 164 Å². The van der Waals surface area contributed by atoms with Crippen molar-refractivity contribution in [1.82, 2.24) is 0 Å². The summed E-state index contributed by atoms with van der Waals surface area (Å²) in [5.41, 5.74) is 6.26. The van der Waals surface area contributed by atoms with Gasteiger partial charge in [0.1, 0.15) is 22.8 Å². The van der Waals surface area contributed by atoms with Gasteiger partial charge >= 0.3 is 0 Å². The second-order valence-electron chi connectivity index (χ2n) is 12.8. The lowest BCUT2D eigenvalue weighted by molar-refractivity contribution is 0.127. The van der Waals surface area contributed by atoms with Crippen molar-refractivity contribution in [2.45, 2.75) is 11.2 Å². The zero-order chi connectivity index (χ0) is 33.9. The number of hydrogen-bond donors (Lipinski definition) is 1. The molecule has 0 spiro atoms. The Kier molecular flexibility index (Phi) is 6.90. The fraction of sp³-hybridized carbons (Fsp3) is 0.0870. The number of fused-ring (bicyclic) bond motifs is 8. The van der Waals surface area contributed by atoms with E-state index in [4.69, 9.17) is 14.2 Å². The minimum absolute atomic E-state index is 0.680. The number of hydrogen-bond acceptors (Lipinski definition) is 4. The molecule has 1 aliphatic heterocycles. The van der Waals surface area contributed by atoms with Crippen LogP contribution in [0.4, 0.5) is 0 Å². The van der Waals surface area contributed by atoms with Gasteiger partial charge in [0, 0.05) is 33.2 Å². The van der Waals surface area contributed by atoms with Gasteiger partial charge in [0.15, 0.2) is 5.60 Å². The highest BCUT2D eigenvalue weighted by Crippen LogP contribution is 2.62. The van der Waals surface area contributed by atoms with E-state index < -0.39 is 11.2 Å². The Hall–Kier alpha value is -6.10. The molecule has 0 fully saturated rings. The van der Waals surface area contributed by atoms with Crippen LogP contribution < -0.4 is 14.2 Å². The van der Waals surface area contributed by atoms with E-state index in [9.17, 15) is 5.11 Å². The Morgan fingerprint density at radius 2 is 1.04 bits per heavy atom. The zero-order valence-corrected chi connectivity index (χ0v) is 27.8. The second-order valence-corrected chi connectivity index (χ2v) is 12.8. The average Bonchev–Trinajstić information content (AvgIpc) is 3.47. The molecule has 9 rings (SSSR count). The second kappa shape index (κ2) is 11.5. The average molecular weight is 651 g/mol. The fourth-order valence-electron chi connectivity index (χ4n) is 8.17. The van der Waals surface area contributed by atoms with Crippen LogP contribution in [0, 0.1) is 0 Å². The zero-order valence-electron chi connectivity index (χ0n) is 27.8. The van der Waals surface area contributed by atoms with Crippen molar-refractivity contribution in [3.63, 3.8) is 0 Å². The number of para-hydroxylation sites is 2. The summed E-state index contributed by atoms with van der Waals surface area (Å²) in [5, 5.41) is 15.4. The van der Waals surface area contributed by atoms with Crippen LogP contribution in [-0.4, -0.2) is 19.3 Å². The molecule has 50 heavy (non-hydrogen) atoms. The molecule has 1 heterocycles. The van der Waals surface area contributed by atoms with Crippen LogP contribution in [-0.2, 0) is 11.2 Å². The van der Waals surface area contributed by atoms with Gasteiger partial charge in [0.25, 0.3) is 0 Å². The van der Waals surface area contributed by atoms with Gasteiger partial charge in [-0.1, -0.05) is 146 Å². The molecule has 7 aromatic rings. The van der Waals surface area contributed by atoms with Gasteiger partial charge in [0.2, 0.25) is 0 Å². The van der Waals surface area contributed by atoms with Crippen LogP contribution in [0.3, 0.4) is 0 Å². The third kappa shape index (κ3) is 4.15. The van der Waals surface area contributed by atoms with E-state index >= 15 is 0 Å². The highest BCUT2D eigenvalue weighted by molar-refractivity contribution is 6.11. The first-order valence-corrected chi connectivity index (χ1v) is 16.8. The molecule has 0 aromatic heterocycles. The van der Waals surface area contributed by atoms with Crippen LogP contribution >= 0.6 is 0 Å². The quantitative estimate of drug-likeness (QED) is 0.195. The predicted molar refractivity (Wildman–Crippen MR) is 199 cm³/mol. The molecular weight excluding hydrogens is 617 g/mol. The molecule has 1 atom stereocenters. The summed E-state index contributed by atoms with van der Waals surface area (Å²) in [6.07, 6.45) is 2.20. The minimum atomic E-state index is -1.46. The summed E-state index contributed by atoms with van der Waals surface area (Å²) in [7, 11) is 3.37. The van der Waals surface area contributed by atoms with Crippen molar-refractivity contribution in [2.24, 2.45) is 0 Å². The molecule has 2 aliphatic rings. The van der Waals surface area contributed by atoms with Crippen molar-refractivity contribution in [1.29, 1.82) is 0 Å². The molecule has 7 aromatic carbocycles. The van der Waals surface area contributed by atoms with E-state index in [-0.39, 0.29) is 0 Å². The first kappa shape index (κ1) is 30.0. The molecule has 1 N–H and O–H groups in total. The highest BCUT2D eigenvalue weighted by Gasteiger charge is 2.51. The maximum Gasteiger partial charge on any atom is 0.185 e. The summed E-state index contributed by atoms with van der Waals surface area (Å²) in [6, 6.07) is 53.0. The maximum absolute atomic E-state index is 13.5. The van der Waals surface area contributed by atoms with E-state index in [0.717, 1.165) is 66.4 Å². The van der Waals surface area contributed by atoms with Crippen LogP contribution in [0.2, 0.25) is 0 Å². The largest absolute Gasteiger partial charge is 0.496 e. The van der Waals surface area contributed by atoms with E-state index in [1.807, 2.05) is 91.0 Å². The van der Waals surface area contributed by atoms with E-state index in [2.05, 4.69) is 72.8 Å². The lowest BCUT2D eigenvalue weighted by Crippen LogP contribution is -2.37. The molecule has 1 aliphatic carbocycles. The number of rotatable bonds is 6. The van der Waals surface area contributed by atoms with Crippen molar-refractivity contribution in [2.75, 3.05) is 14.2 Å². The van der Waals surface area contributed by atoms with Crippen molar-refractivity contribution in [3.05, 3.63) is 203 Å². The number of methoxy groups -OCH3 is 2. The van der Waals surface area contributed by atoms with Gasteiger partial charge in [-0.05, 0) is 51.4 Å². The number of aliphatic hydroxyl groups is 1. The third-order valence-corrected chi connectivity index (χ3v) is 10.3. The Morgan fingerprint density at radius 3 is 1.68 bits per heavy atom. The SMILES string of the molecule is COc1ccccc1C1(c2ccccc2OC)C=C(c2ccccc2)c2c3c(c4ccccc4c2O1)-c1ccccc1C3(O)c1ccccc1. The lowest BCUT2D eigenvalue weighted by Gasteiger charge is -2.41. The minimum Gasteiger partial charge on any atom is -0.496 e. The summed E-state index contributed by atoms with van der Waals surface area (Å²) in [5.74, 6) is 2.05. The van der Waals surface area contributed by atoms with Gasteiger partial charge in [0.05, 0.1) is 14.2 Å².